The van der Waals surface area contributed by atoms with Gasteiger partial charge in [0.25, 0.3) is 0 Å². The van der Waals surface area contributed by atoms with Crippen LogP contribution in [0.25, 0.3) is 0 Å². The molecule has 1 aromatic heterocycles. The normalized spacial score (nSPS) is 18.1. The van der Waals surface area contributed by atoms with Crippen molar-refractivity contribution in [3.8, 4) is 0 Å². The van der Waals surface area contributed by atoms with Crippen molar-refractivity contribution in [2.24, 2.45) is 0 Å². The summed E-state index contributed by atoms with van der Waals surface area (Å²) >= 11 is 1.61. The molecule has 2 N–H and O–H groups in total. The molecule has 3 nitrogen and oxygen atoms in total. The molecule has 2 rings (SSSR count). The van der Waals surface area contributed by atoms with Gasteiger partial charge in [-0.1, -0.05) is 32.1 Å². The molecule has 0 bridgehead atoms. The van der Waals surface area contributed by atoms with Crippen LogP contribution in [0.1, 0.15) is 49.8 Å². The lowest BCUT2D eigenvalue weighted by Gasteiger charge is -2.29. The third-order valence-electron chi connectivity index (χ3n) is 3.67. The van der Waals surface area contributed by atoms with Gasteiger partial charge >= 0.3 is 0 Å². The van der Waals surface area contributed by atoms with Gasteiger partial charge < -0.3 is 5.73 Å². The number of aromatic nitrogens is 1. The first kappa shape index (κ1) is 15.7. The van der Waals surface area contributed by atoms with Crippen LogP contribution in [0.4, 0.5) is 5.13 Å². The Bertz CT molecular complexity index is 335. The first-order chi connectivity index (χ1) is 8.25. The van der Waals surface area contributed by atoms with Crippen LogP contribution in [0.5, 0.6) is 0 Å². The van der Waals surface area contributed by atoms with Gasteiger partial charge in [-0.25, -0.2) is 4.98 Å². The van der Waals surface area contributed by atoms with Crippen molar-refractivity contribution in [3.05, 3.63) is 11.1 Å². The van der Waals surface area contributed by atoms with Crippen LogP contribution in [0, 0.1) is 0 Å². The average molecular weight is 290 g/mol. The number of nitrogens with zero attached hydrogens (tertiary/aromatic N) is 2. The minimum Gasteiger partial charge on any atom is -0.375 e. The Labute approximate surface area is 120 Å². The number of anilines is 1. The topological polar surface area (TPSA) is 42.2 Å². The van der Waals surface area contributed by atoms with Crippen molar-refractivity contribution in [1.29, 1.82) is 0 Å². The Morgan fingerprint density at radius 2 is 1.89 bits per heavy atom. The highest BCUT2D eigenvalue weighted by Crippen LogP contribution is 2.23. The van der Waals surface area contributed by atoms with E-state index in [1.165, 1.54) is 49.8 Å². The molecule has 1 aliphatic carbocycles. The molecule has 0 aromatic carbocycles. The highest BCUT2D eigenvalue weighted by atomic mass is 35.5. The fourth-order valence-electron chi connectivity index (χ4n) is 2.65. The Morgan fingerprint density at radius 3 is 2.44 bits per heavy atom. The molecule has 0 unspecified atom stereocenters. The highest BCUT2D eigenvalue weighted by Gasteiger charge is 2.16. The Kier molecular flexibility index (Phi) is 6.97. The van der Waals surface area contributed by atoms with E-state index in [0.29, 0.717) is 5.13 Å². The Hall–Kier alpha value is -0.320. The zero-order valence-corrected chi connectivity index (χ0v) is 12.7. The van der Waals surface area contributed by atoms with Crippen LogP contribution >= 0.6 is 23.7 Å². The number of halogens is 1. The minimum atomic E-state index is 0. The molecular formula is C13H24ClN3S. The van der Waals surface area contributed by atoms with E-state index in [0.717, 1.165) is 12.6 Å². The van der Waals surface area contributed by atoms with E-state index in [-0.39, 0.29) is 12.4 Å². The highest BCUT2D eigenvalue weighted by molar-refractivity contribution is 7.15. The Morgan fingerprint density at radius 1 is 1.28 bits per heavy atom. The zero-order valence-electron chi connectivity index (χ0n) is 11.1. The summed E-state index contributed by atoms with van der Waals surface area (Å²) in [5.74, 6) is 0. The first-order valence-electron chi connectivity index (χ1n) is 6.66. The van der Waals surface area contributed by atoms with Gasteiger partial charge in [0.15, 0.2) is 5.13 Å². The average Bonchev–Trinajstić information content (AvgIpc) is 2.63. The van der Waals surface area contributed by atoms with Crippen LogP contribution in [-0.4, -0.2) is 23.0 Å². The second kappa shape index (κ2) is 7.97. The summed E-state index contributed by atoms with van der Waals surface area (Å²) in [7, 11) is 2.24. The third-order valence-corrected chi connectivity index (χ3v) is 4.49. The summed E-state index contributed by atoms with van der Waals surface area (Å²) in [4.78, 5) is 7.89. The maximum absolute atomic E-state index is 5.67. The van der Waals surface area contributed by atoms with Crippen LogP contribution in [0.3, 0.4) is 0 Å². The summed E-state index contributed by atoms with van der Waals surface area (Å²) in [5.41, 5.74) is 5.67. The van der Waals surface area contributed by atoms with E-state index < -0.39 is 0 Å². The van der Waals surface area contributed by atoms with E-state index in [1.807, 2.05) is 6.20 Å². The largest absolute Gasteiger partial charge is 0.375 e. The lowest BCUT2D eigenvalue weighted by Crippen LogP contribution is -2.31. The van der Waals surface area contributed by atoms with E-state index in [2.05, 4.69) is 16.9 Å². The molecule has 1 saturated carbocycles. The minimum absolute atomic E-state index is 0. The van der Waals surface area contributed by atoms with E-state index in [9.17, 15) is 0 Å². The number of rotatable bonds is 3. The summed E-state index contributed by atoms with van der Waals surface area (Å²) in [6.45, 7) is 1.000. The summed E-state index contributed by atoms with van der Waals surface area (Å²) in [5, 5.41) is 0.686. The third kappa shape index (κ3) is 4.75. The predicted molar refractivity (Wildman–Crippen MR) is 81.3 cm³/mol. The van der Waals surface area contributed by atoms with E-state index in [4.69, 9.17) is 5.73 Å². The van der Waals surface area contributed by atoms with E-state index >= 15 is 0 Å². The smallest absolute Gasteiger partial charge is 0.180 e. The molecule has 0 saturated heterocycles. The lowest BCUT2D eigenvalue weighted by molar-refractivity contribution is 0.197. The number of hydrogen-bond acceptors (Lipinski definition) is 4. The SMILES string of the molecule is CN(Cc1cnc(N)s1)C1CCCCCCC1.Cl. The molecule has 0 amide bonds. The number of thiazole rings is 1. The molecule has 1 heterocycles. The van der Waals surface area contributed by atoms with E-state index in [1.54, 1.807) is 11.3 Å². The monoisotopic (exact) mass is 289 g/mol. The van der Waals surface area contributed by atoms with Crippen LogP contribution < -0.4 is 5.73 Å². The van der Waals surface area contributed by atoms with Gasteiger partial charge in [-0.15, -0.1) is 23.7 Å². The van der Waals surface area contributed by atoms with Gasteiger partial charge in [0, 0.05) is 23.7 Å². The number of hydrogen-bond donors (Lipinski definition) is 1. The molecule has 104 valence electrons. The summed E-state index contributed by atoms with van der Waals surface area (Å²) in [6, 6.07) is 0.749. The van der Waals surface area contributed by atoms with Crippen molar-refractivity contribution in [2.45, 2.75) is 57.5 Å². The standard InChI is InChI=1S/C13H23N3S.ClH/c1-16(10-12-9-15-13(14)17-12)11-7-5-3-2-4-6-8-11;/h9,11H,2-8,10H2,1H3,(H2,14,15);1H. The van der Waals surface area contributed by atoms with Crippen molar-refractivity contribution in [1.82, 2.24) is 9.88 Å². The van der Waals surface area contributed by atoms with Gasteiger partial charge in [0.05, 0.1) is 0 Å². The molecule has 1 fully saturated rings. The molecule has 0 atom stereocenters. The molecule has 0 spiro atoms. The van der Waals surface area contributed by atoms with Gasteiger partial charge in [-0.2, -0.15) is 0 Å². The zero-order chi connectivity index (χ0) is 12.1. The molecule has 18 heavy (non-hydrogen) atoms. The molecule has 1 aromatic rings. The summed E-state index contributed by atoms with van der Waals surface area (Å²) in [6.07, 6.45) is 11.7. The van der Waals surface area contributed by atoms with Crippen LogP contribution in [0.2, 0.25) is 0 Å². The maximum Gasteiger partial charge on any atom is 0.180 e. The van der Waals surface area contributed by atoms with Gasteiger partial charge in [-0.05, 0) is 19.9 Å². The van der Waals surface area contributed by atoms with Crippen LogP contribution in [-0.2, 0) is 6.54 Å². The molecule has 0 aliphatic heterocycles. The summed E-state index contributed by atoms with van der Waals surface area (Å²) < 4.78 is 0. The molecule has 1 aliphatic rings. The second-order valence-corrected chi connectivity index (χ2v) is 6.23. The van der Waals surface area contributed by atoms with Crippen molar-refractivity contribution in [3.63, 3.8) is 0 Å². The second-order valence-electron chi connectivity index (χ2n) is 5.08. The van der Waals surface area contributed by atoms with Crippen molar-refractivity contribution >= 4 is 28.9 Å². The number of nitrogen functional groups attached to an aromatic ring is 1. The quantitative estimate of drug-likeness (QED) is 0.923. The van der Waals surface area contributed by atoms with Crippen molar-refractivity contribution < 1.29 is 0 Å². The number of nitrogens with two attached hydrogens (primary N) is 1. The van der Waals surface area contributed by atoms with Crippen LogP contribution in [0.15, 0.2) is 6.20 Å². The molecule has 5 heteroatoms. The first-order valence-corrected chi connectivity index (χ1v) is 7.48. The molecular weight excluding hydrogens is 266 g/mol. The lowest BCUT2D eigenvalue weighted by atomic mass is 9.96. The molecule has 0 radical (unpaired) electrons. The van der Waals surface area contributed by atoms with Gasteiger partial charge in [0.1, 0.15) is 0 Å². The fourth-order valence-corrected chi connectivity index (χ4v) is 3.39. The van der Waals surface area contributed by atoms with Gasteiger partial charge in [-0.3, -0.25) is 4.90 Å². The predicted octanol–water partition coefficient (Wildman–Crippen LogP) is 3.69. The maximum atomic E-state index is 5.67. The van der Waals surface area contributed by atoms with Crippen molar-refractivity contribution in [2.75, 3.05) is 12.8 Å². The Balaban J connectivity index is 0.00000162. The fraction of sp³-hybridized carbons (Fsp3) is 0.769. The van der Waals surface area contributed by atoms with Gasteiger partial charge in [0.2, 0.25) is 0 Å².